The third-order valence-corrected chi connectivity index (χ3v) is 4.66. The zero-order valence-electron chi connectivity index (χ0n) is 15.5. The van der Waals surface area contributed by atoms with Gasteiger partial charge in [0.25, 0.3) is 11.8 Å². The first-order chi connectivity index (χ1) is 13.4. The van der Waals surface area contributed by atoms with Crippen LogP contribution in [0, 0.1) is 6.92 Å². The molecule has 0 spiro atoms. The van der Waals surface area contributed by atoms with Crippen molar-refractivity contribution in [2.45, 2.75) is 20.3 Å². The molecule has 1 heterocycles. The monoisotopic (exact) mass is 398 g/mol. The molecule has 2 aromatic rings. The van der Waals surface area contributed by atoms with Gasteiger partial charge in [-0.3, -0.25) is 14.9 Å². The quantitative estimate of drug-likeness (QED) is 0.607. The van der Waals surface area contributed by atoms with Crippen LogP contribution in [0.3, 0.4) is 0 Å². The van der Waals surface area contributed by atoms with Crippen LogP contribution in [0.15, 0.2) is 48.0 Å². The molecule has 1 N–H and O–H groups in total. The number of nitrogens with one attached hydrogen (secondary N) is 1. The molecule has 4 amide bonds. The van der Waals surface area contributed by atoms with E-state index in [0.29, 0.717) is 34.2 Å². The first-order valence-corrected chi connectivity index (χ1v) is 9.19. The van der Waals surface area contributed by atoms with Gasteiger partial charge in [0.1, 0.15) is 11.3 Å². The zero-order chi connectivity index (χ0) is 20.3. The molecule has 0 bridgehead atoms. The number of ether oxygens (including phenoxy) is 1. The number of barbiturate groups is 1. The molecule has 1 saturated heterocycles. The van der Waals surface area contributed by atoms with E-state index in [2.05, 4.69) is 5.32 Å². The highest BCUT2D eigenvalue weighted by Crippen LogP contribution is 2.29. The summed E-state index contributed by atoms with van der Waals surface area (Å²) in [5, 5.41) is 2.63. The van der Waals surface area contributed by atoms with Crippen LogP contribution in [0.25, 0.3) is 6.08 Å². The van der Waals surface area contributed by atoms with Gasteiger partial charge in [-0.15, -0.1) is 0 Å². The van der Waals surface area contributed by atoms with Crippen molar-refractivity contribution in [3.8, 4) is 5.75 Å². The second-order valence-corrected chi connectivity index (χ2v) is 6.67. The third-order valence-electron chi connectivity index (χ3n) is 4.25. The molecule has 0 saturated carbocycles. The van der Waals surface area contributed by atoms with E-state index in [1.165, 1.54) is 6.08 Å². The first-order valence-electron chi connectivity index (χ1n) is 8.81. The van der Waals surface area contributed by atoms with Crippen LogP contribution in [0.2, 0.25) is 5.02 Å². The van der Waals surface area contributed by atoms with Crippen molar-refractivity contribution in [1.82, 2.24) is 5.32 Å². The topological polar surface area (TPSA) is 75.7 Å². The largest absolute Gasteiger partial charge is 0.494 e. The summed E-state index contributed by atoms with van der Waals surface area (Å²) >= 11 is 6.11. The van der Waals surface area contributed by atoms with Gasteiger partial charge in [0, 0.05) is 5.02 Å². The van der Waals surface area contributed by atoms with E-state index in [9.17, 15) is 14.4 Å². The van der Waals surface area contributed by atoms with E-state index >= 15 is 0 Å². The molecular weight excluding hydrogens is 380 g/mol. The van der Waals surface area contributed by atoms with Gasteiger partial charge in [-0.1, -0.05) is 36.7 Å². The maximum atomic E-state index is 12.9. The Morgan fingerprint density at radius 1 is 1.11 bits per heavy atom. The number of carbonyl (C=O) groups is 3. The third kappa shape index (κ3) is 3.92. The van der Waals surface area contributed by atoms with Crippen molar-refractivity contribution in [1.29, 1.82) is 0 Å². The van der Waals surface area contributed by atoms with Crippen LogP contribution in [0.1, 0.15) is 24.5 Å². The van der Waals surface area contributed by atoms with Crippen molar-refractivity contribution in [2.24, 2.45) is 0 Å². The lowest BCUT2D eigenvalue weighted by Gasteiger charge is -2.27. The maximum Gasteiger partial charge on any atom is 0.335 e. The minimum atomic E-state index is -0.805. The molecule has 1 aliphatic rings. The Labute approximate surface area is 167 Å². The number of rotatable bonds is 5. The molecule has 144 valence electrons. The van der Waals surface area contributed by atoms with Gasteiger partial charge in [0.2, 0.25) is 0 Å². The van der Waals surface area contributed by atoms with E-state index in [1.54, 1.807) is 49.4 Å². The molecule has 1 fully saturated rings. The summed E-state index contributed by atoms with van der Waals surface area (Å²) in [5.41, 5.74) is 1.40. The molecule has 1 aliphatic heterocycles. The maximum absolute atomic E-state index is 12.9. The molecular formula is C21H19ClN2O4. The van der Waals surface area contributed by atoms with Crippen LogP contribution in [-0.2, 0) is 9.59 Å². The van der Waals surface area contributed by atoms with Crippen LogP contribution >= 0.6 is 11.6 Å². The lowest BCUT2D eigenvalue weighted by Crippen LogP contribution is -2.54. The summed E-state index contributed by atoms with van der Waals surface area (Å²) in [5.74, 6) is -0.738. The van der Waals surface area contributed by atoms with E-state index in [0.717, 1.165) is 11.3 Å². The van der Waals surface area contributed by atoms with Gasteiger partial charge in [0.05, 0.1) is 12.3 Å². The predicted octanol–water partition coefficient (Wildman–Crippen LogP) is 4.10. The minimum absolute atomic E-state index is 0.138. The Morgan fingerprint density at radius 2 is 1.82 bits per heavy atom. The SMILES string of the molecule is CCCOc1ccc(/C=C2\C(=O)NC(=O)N(c3cccc(Cl)c3C)C2=O)cc1. The smallest absolute Gasteiger partial charge is 0.335 e. The van der Waals surface area contributed by atoms with Gasteiger partial charge >= 0.3 is 6.03 Å². The molecule has 6 nitrogen and oxygen atoms in total. The lowest BCUT2D eigenvalue weighted by atomic mass is 10.1. The summed E-state index contributed by atoms with van der Waals surface area (Å²) < 4.78 is 5.52. The number of hydrogen-bond donors (Lipinski definition) is 1. The number of amides is 4. The van der Waals surface area contributed by atoms with Crippen molar-refractivity contribution in [2.75, 3.05) is 11.5 Å². The average Bonchev–Trinajstić information content (AvgIpc) is 2.67. The number of urea groups is 1. The average molecular weight is 399 g/mol. The number of nitrogens with zero attached hydrogens (tertiary/aromatic N) is 1. The summed E-state index contributed by atoms with van der Waals surface area (Å²) in [7, 11) is 0. The van der Waals surface area contributed by atoms with Crippen LogP contribution in [0.4, 0.5) is 10.5 Å². The number of imide groups is 2. The number of anilines is 1. The van der Waals surface area contributed by atoms with Crippen LogP contribution < -0.4 is 15.0 Å². The highest BCUT2D eigenvalue weighted by molar-refractivity contribution is 6.39. The molecule has 0 unspecified atom stereocenters. The fourth-order valence-corrected chi connectivity index (χ4v) is 2.93. The highest BCUT2D eigenvalue weighted by atomic mass is 35.5. The summed E-state index contributed by atoms with van der Waals surface area (Å²) in [6.45, 7) is 4.32. The highest BCUT2D eigenvalue weighted by Gasteiger charge is 2.37. The van der Waals surface area contributed by atoms with Gasteiger partial charge in [-0.25, -0.2) is 9.69 Å². The predicted molar refractivity (Wildman–Crippen MR) is 107 cm³/mol. The number of halogens is 1. The van der Waals surface area contributed by atoms with E-state index < -0.39 is 17.8 Å². The van der Waals surface area contributed by atoms with Crippen molar-refractivity contribution in [3.63, 3.8) is 0 Å². The normalized spacial score (nSPS) is 15.8. The molecule has 2 aromatic carbocycles. The molecule has 0 aromatic heterocycles. The van der Waals surface area contributed by atoms with Gasteiger partial charge in [-0.05, 0) is 54.8 Å². The van der Waals surface area contributed by atoms with Crippen LogP contribution in [0.5, 0.6) is 5.75 Å². The second-order valence-electron chi connectivity index (χ2n) is 6.26. The second kappa shape index (κ2) is 8.27. The molecule has 28 heavy (non-hydrogen) atoms. The summed E-state index contributed by atoms with van der Waals surface area (Å²) in [6, 6.07) is 11.1. The van der Waals surface area contributed by atoms with Crippen molar-refractivity contribution in [3.05, 3.63) is 64.2 Å². The molecule has 3 rings (SSSR count). The van der Waals surface area contributed by atoms with Gasteiger partial charge in [-0.2, -0.15) is 0 Å². The van der Waals surface area contributed by atoms with Gasteiger partial charge < -0.3 is 4.74 Å². The molecule has 0 aliphatic carbocycles. The molecule has 7 heteroatoms. The summed E-state index contributed by atoms with van der Waals surface area (Å²) in [4.78, 5) is 38.4. The van der Waals surface area contributed by atoms with Gasteiger partial charge in [0.15, 0.2) is 0 Å². The molecule has 0 atom stereocenters. The van der Waals surface area contributed by atoms with Crippen LogP contribution in [-0.4, -0.2) is 24.5 Å². The van der Waals surface area contributed by atoms with E-state index in [-0.39, 0.29) is 5.57 Å². The molecule has 0 radical (unpaired) electrons. The summed E-state index contributed by atoms with van der Waals surface area (Å²) in [6.07, 6.45) is 2.34. The Balaban J connectivity index is 1.93. The van der Waals surface area contributed by atoms with E-state index in [1.807, 2.05) is 6.92 Å². The standard InChI is InChI=1S/C21H19ClN2O4/c1-3-11-28-15-9-7-14(8-10-15)12-16-19(25)23-21(27)24(20(16)26)18-6-4-5-17(22)13(18)2/h4-10,12H,3,11H2,1-2H3,(H,23,25,27)/b16-12+. The first kappa shape index (κ1) is 19.6. The Bertz CT molecular complexity index is 967. The Morgan fingerprint density at radius 3 is 2.50 bits per heavy atom. The fourth-order valence-electron chi connectivity index (χ4n) is 2.76. The number of carbonyl (C=O) groups excluding carboxylic acids is 3. The van der Waals surface area contributed by atoms with Crippen molar-refractivity contribution < 1.29 is 19.1 Å². The number of benzene rings is 2. The zero-order valence-corrected chi connectivity index (χ0v) is 16.2. The number of hydrogen-bond acceptors (Lipinski definition) is 4. The van der Waals surface area contributed by atoms with E-state index in [4.69, 9.17) is 16.3 Å². The Kier molecular flexibility index (Phi) is 5.80. The minimum Gasteiger partial charge on any atom is -0.494 e. The van der Waals surface area contributed by atoms with Crippen molar-refractivity contribution >= 4 is 41.2 Å². The Hall–Kier alpha value is -3.12. The lowest BCUT2D eigenvalue weighted by molar-refractivity contribution is -0.122. The fraction of sp³-hybridized carbons (Fsp3) is 0.190.